The molecule has 0 aliphatic carbocycles. The number of carbonyl (C=O) groups is 1. The highest BCUT2D eigenvalue weighted by Crippen LogP contribution is 2.19. The second-order valence-corrected chi connectivity index (χ2v) is 5.35. The lowest BCUT2D eigenvalue weighted by Crippen LogP contribution is -2.29. The number of amides is 1. The van der Waals surface area contributed by atoms with Gasteiger partial charge < -0.3 is 11.1 Å². The van der Waals surface area contributed by atoms with Crippen molar-refractivity contribution in [3.8, 4) is 11.1 Å². The van der Waals surface area contributed by atoms with E-state index >= 15 is 0 Å². The van der Waals surface area contributed by atoms with E-state index in [1.807, 2.05) is 44.2 Å². The summed E-state index contributed by atoms with van der Waals surface area (Å²) in [6.07, 6.45) is 4.11. The summed E-state index contributed by atoms with van der Waals surface area (Å²) in [5.74, 6) is -0.114. The third-order valence-electron chi connectivity index (χ3n) is 3.27. The van der Waals surface area contributed by atoms with Gasteiger partial charge in [0.25, 0.3) is 5.91 Å². The Morgan fingerprint density at radius 1 is 1.24 bits per heavy atom. The molecule has 0 radical (unpaired) electrons. The summed E-state index contributed by atoms with van der Waals surface area (Å²) in [5.41, 5.74) is 9.43. The van der Waals surface area contributed by atoms with E-state index in [-0.39, 0.29) is 11.9 Å². The fourth-order valence-corrected chi connectivity index (χ4v) is 1.98. The highest BCUT2D eigenvalue weighted by Gasteiger charge is 2.08. The Morgan fingerprint density at radius 3 is 2.62 bits per heavy atom. The Bertz CT molecular complexity index is 606. The van der Waals surface area contributed by atoms with Gasteiger partial charge in [-0.3, -0.25) is 9.78 Å². The van der Waals surface area contributed by atoms with Gasteiger partial charge in [-0.25, -0.2) is 0 Å². The Kier molecular flexibility index (Phi) is 5.06. The predicted octanol–water partition coefficient (Wildman–Crippen LogP) is 2.52. The highest BCUT2D eigenvalue weighted by atomic mass is 16.1. The van der Waals surface area contributed by atoms with Crippen LogP contribution in [-0.4, -0.2) is 23.5 Å². The molecule has 0 aliphatic heterocycles. The molecule has 1 aromatic carbocycles. The Hall–Kier alpha value is -2.20. The van der Waals surface area contributed by atoms with Crippen molar-refractivity contribution in [2.75, 3.05) is 6.54 Å². The van der Waals surface area contributed by atoms with Crippen LogP contribution in [0.4, 0.5) is 0 Å². The molecule has 0 aliphatic rings. The molecule has 1 atom stereocenters. The zero-order valence-corrected chi connectivity index (χ0v) is 12.5. The van der Waals surface area contributed by atoms with Crippen LogP contribution >= 0.6 is 0 Å². The van der Waals surface area contributed by atoms with E-state index in [0.29, 0.717) is 12.1 Å². The number of rotatable bonds is 5. The highest BCUT2D eigenvalue weighted by molar-refractivity contribution is 5.95. The van der Waals surface area contributed by atoms with Crippen molar-refractivity contribution in [3.05, 3.63) is 53.9 Å². The summed E-state index contributed by atoms with van der Waals surface area (Å²) in [4.78, 5) is 16.2. The van der Waals surface area contributed by atoms with Gasteiger partial charge in [-0.1, -0.05) is 29.8 Å². The molecule has 0 bridgehead atoms. The quantitative estimate of drug-likeness (QED) is 0.886. The minimum atomic E-state index is -0.114. The maximum atomic E-state index is 12.1. The van der Waals surface area contributed by atoms with Crippen LogP contribution in [0.1, 0.15) is 29.3 Å². The molecule has 0 saturated carbocycles. The molecule has 1 unspecified atom stereocenters. The molecule has 0 fully saturated rings. The molecule has 4 nitrogen and oxygen atoms in total. The van der Waals surface area contributed by atoms with Gasteiger partial charge in [-0.2, -0.15) is 0 Å². The third kappa shape index (κ3) is 4.39. The van der Waals surface area contributed by atoms with Gasteiger partial charge in [0.2, 0.25) is 0 Å². The normalized spacial score (nSPS) is 12.0. The number of nitrogens with zero attached hydrogens (tertiary/aromatic N) is 1. The summed E-state index contributed by atoms with van der Waals surface area (Å²) < 4.78 is 0. The molecular formula is C17H21N3O. The second-order valence-electron chi connectivity index (χ2n) is 5.35. The summed E-state index contributed by atoms with van der Waals surface area (Å²) in [7, 11) is 0. The molecule has 21 heavy (non-hydrogen) atoms. The first-order valence-corrected chi connectivity index (χ1v) is 7.12. The summed E-state index contributed by atoms with van der Waals surface area (Å²) in [6, 6.07) is 10.1. The summed E-state index contributed by atoms with van der Waals surface area (Å²) in [5, 5.41) is 2.86. The van der Waals surface area contributed by atoms with Gasteiger partial charge in [0, 0.05) is 30.5 Å². The zero-order chi connectivity index (χ0) is 15.2. The first kappa shape index (κ1) is 15.2. The van der Waals surface area contributed by atoms with Gasteiger partial charge in [0.1, 0.15) is 0 Å². The van der Waals surface area contributed by atoms with Gasteiger partial charge in [-0.05, 0) is 31.9 Å². The molecule has 3 N–H and O–H groups in total. The van der Waals surface area contributed by atoms with Crippen LogP contribution < -0.4 is 11.1 Å². The summed E-state index contributed by atoms with van der Waals surface area (Å²) in [6.45, 7) is 4.54. The molecule has 110 valence electrons. The van der Waals surface area contributed by atoms with Crippen LogP contribution in [0.5, 0.6) is 0 Å². The van der Waals surface area contributed by atoms with Gasteiger partial charge in [-0.15, -0.1) is 0 Å². The van der Waals surface area contributed by atoms with Gasteiger partial charge in [0.05, 0.1) is 5.56 Å². The average Bonchev–Trinajstić information content (AvgIpc) is 2.47. The maximum Gasteiger partial charge on any atom is 0.252 e. The van der Waals surface area contributed by atoms with Gasteiger partial charge >= 0.3 is 0 Å². The van der Waals surface area contributed by atoms with Gasteiger partial charge in [0.15, 0.2) is 0 Å². The molecule has 2 rings (SSSR count). The third-order valence-corrected chi connectivity index (χ3v) is 3.27. The van der Waals surface area contributed by atoms with Crippen LogP contribution in [0.3, 0.4) is 0 Å². The number of carbonyl (C=O) groups excluding carboxylic acids is 1. The topological polar surface area (TPSA) is 68.0 Å². The smallest absolute Gasteiger partial charge is 0.252 e. The SMILES string of the molecule is Cc1ccc(-c2cncc(C(=O)NCCC(C)N)c2)cc1. The number of hydrogen-bond donors (Lipinski definition) is 2. The van der Waals surface area contributed by atoms with E-state index in [1.54, 1.807) is 12.4 Å². The van der Waals surface area contributed by atoms with E-state index in [1.165, 1.54) is 5.56 Å². The number of pyridine rings is 1. The Morgan fingerprint density at radius 2 is 1.95 bits per heavy atom. The lowest BCUT2D eigenvalue weighted by molar-refractivity contribution is 0.0952. The number of benzene rings is 1. The second kappa shape index (κ2) is 6.99. The number of nitrogens with one attached hydrogen (secondary N) is 1. The van der Waals surface area contributed by atoms with E-state index in [0.717, 1.165) is 17.5 Å². The number of nitrogens with two attached hydrogens (primary N) is 1. The lowest BCUT2D eigenvalue weighted by atomic mass is 10.0. The van der Waals surface area contributed by atoms with Crippen molar-refractivity contribution in [2.24, 2.45) is 5.73 Å². The minimum Gasteiger partial charge on any atom is -0.352 e. The summed E-state index contributed by atoms with van der Waals surface area (Å²) >= 11 is 0. The van der Waals surface area contributed by atoms with Crippen molar-refractivity contribution >= 4 is 5.91 Å². The van der Waals surface area contributed by atoms with Crippen LogP contribution in [0, 0.1) is 6.92 Å². The average molecular weight is 283 g/mol. The molecule has 0 saturated heterocycles. The monoisotopic (exact) mass is 283 g/mol. The lowest BCUT2D eigenvalue weighted by Gasteiger charge is -2.08. The molecule has 0 spiro atoms. The maximum absolute atomic E-state index is 12.1. The van der Waals surface area contributed by atoms with E-state index in [9.17, 15) is 4.79 Å². The number of aryl methyl sites for hydroxylation is 1. The van der Waals surface area contributed by atoms with Crippen molar-refractivity contribution in [1.82, 2.24) is 10.3 Å². The Labute approximate surface area is 125 Å². The molecule has 4 heteroatoms. The largest absolute Gasteiger partial charge is 0.352 e. The van der Waals surface area contributed by atoms with Crippen LogP contribution in [0.15, 0.2) is 42.7 Å². The minimum absolute atomic E-state index is 0.0855. The van der Waals surface area contributed by atoms with E-state index in [4.69, 9.17) is 5.73 Å². The molecular weight excluding hydrogens is 262 g/mol. The Balaban J connectivity index is 2.10. The molecule has 1 aromatic heterocycles. The van der Waals surface area contributed by atoms with Crippen molar-refractivity contribution < 1.29 is 4.79 Å². The van der Waals surface area contributed by atoms with E-state index < -0.39 is 0 Å². The first-order chi connectivity index (χ1) is 10.1. The fourth-order valence-electron chi connectivity index (χ4n) is 1.98. The fraction of sp³-hybridized carbons (Fsp3) is 0.294. The van der Waals surface area contributed by atoms with Crippen molar-refractivity contribution in [2.45, 2.75) is 26.3 Å². The van der Waals surface area contributed by atoms with Crippen LogP contribution in [0.25, 0.3) is 11.1 Å². The molecule has 1 amide bonds. The van der Waals surface area contributed by atoms with Crippen molar-refractivity contribution in [1.29, 1.82) is 0 Å². The number of hydrogen-bond acceptors (Lipinski definition) is 3. The van der Waals surface area contributed by atoms with Crippen LogP contribution in [-0.2, 0) is 0 Å². The van der Waals surface area contributed by atoms with E-state index in [2.05, 4.69) is 10.3 Å². The van der Waals surface area contributed by atoms with Crippen LogP contribution in [0.2, 0.25) is 0 Å². The zero-order valence-electron chi connectivity index (χ0n) is 12.5. The van der Waals surface area contributed by atoms with Crippen molar-refractivity contribution in [3.63, 3.8) is 0 Å². The molecule has 2 aromatic rings. The predicted molar refractivity (Wildman–Crippen MR) is 85.0 cm³/mol. The standard InChI is InChI=1S/C17H21N3O/c1-12-3-5-14(6-4-12)15-9-16(11-19-10-15)17(21)20-8-7-13(2)18/h3-6,9-11,13H,7-8,18H2,1-2H3,(H,20,21). The number of aromatic nitrogens is 1. The first-order valence-electron chi connectivity index (χ1n) is 7.12. The molecule has 1 heterocycles.